The third kappa shape index (κ3) is 2.47. The van der Waals surface area contributed by atoms with Gasteiger partial charge in [0, 0.05) is 31.7 Å². The topological polar surface area (TPSA) is 42.7 Å². The zero-order chi connectivity index (χ0) is 13.6. The first-order chi connectivity index (χ1) is 8.94. The second kappa shape index (κ2) is 4.45. The number of ether oxygens (including phenoxy) is 1. The fourth-order valence-electron chi connectivity index (χ4n) is 2.71. The molecule has 6 heteroatoms. The highest BCUT2D eigenvalue weighted by Crippen LogP contribution is 2.28. The van der Waals surface area contributed by atoms with E-state index in [-0.39, 0.29) is 11.7 Å². The Morgan fingerprint density at radius 2 is 2.26 bits per heavy atom. The number of imidazole rings is 1. The van der Waals surface area contributed by atoms with Crippen LogP contribution in [0.2, 0.25) is 0 Å². The number of morpholine rings is 1. The zero-order valence-electron chi connectivity index (χ0n) is 11.3. The Kier molecular flexibility index (Phi) is 3.02. The number of aromatic nitrogens is 3. The van der Waals surface area contributed by atoms with Crippen LogP contribution in [0.25, 0.3) is 5.65 Å². The Labute approximate surface area is 120 Å². The van der Waals surface area contributed by atoms with Gasteiger partial charge in [0.25, 0.3) is 0 Å². The van der Waals surface area contributed by atoms with Gasteiger partial charge in [-0.2, -0.15) is 0 Å². The molecule has 2 aromatic rings. The van der Waals surface area contributed by atoms with E-state index < -0.39 is 0 Å². The number of hydrogen-bond acceptors (Lipinski definition) is 4. The third-order valence-corrected chi connectivity index (χ3v) is 3.58. The van der Waals surface area contributed by atoms with Crippen LogP contribution in [-0.2, 0) is 4.74 Å². The summed E-state index contributed by atoms with van der Waals surface area (Å²) in [5.74, 6) is 0.905. The van der Waals surface area contributed by atoms with Gasteiger partial charge in [0.2, 0.25) is 0 Å². The molecule has 0 aromatic carbocycles. The number of fused-ring (bicyclic) bond motifs is 1. The lowest BCUT2D eigenvalue weighted by Crippen LogP contribution is -2.52. The predicted molar refractivity (Wildman–Crippen MR) is 77.5 cm³/mol. The summed E-state index contributed by atoms with van der Waals surface area (Å²) < 4.78 is 8.74. The summed E-state index contributed by atoms with van der Waals surface area (Å²) in [6.07, 6.45) is 5.82. The van der Waals surface area contributed by atoms with Gasteiger partial charge in [0.15, 0.2) is 11.5 Å². The van der Waals surface area contributed by atoms with E-state index in [4.69, 9.17) is 4.74 Å². The lowest BCUT2D eigenvalue weighted by molar-refractivity contribution is -0.0751. The van der Waals surface area contributed by atoms with Gasteiger partial charge in [0.1, 0.15) is 4.60 Å². The van der Waals surface area contributed by atoms with Crippen LogP contribution >= 0.6 is 15.9 Å². The molecule has 5 nitrogen and oxygen atoms in total. The van der Waals surface area contributed by atoms with Crippen LogP contribution in [0.5, 0.6) is 0 Å². The van der Waals surface area contributed by atoms with Crippen molar-refractivity contribution in [2.45, 2.75) is 32.5 Å². The third-order valence-electron chi connectivity index (χ3n) is 3.20. The fourth-order valence-corrected chi connectivity index (χ4v) is 3.10. The monoisotopic (exact) mass is 324 g/mol. The highest BCUT2D eigenvalue weighted by Gasteiger charge is 2.33. The van der Waals surface area contributed by atoms with Crippen molar-refractivity contribution >= 4 is 27.4 Å². The minimum Gasteiger partial charge on any atom is -0.369 e. The average Bonchev–Trinajstić information content (AvgIpc) is 2.72. The van der Waals surface area contributed by atoms with Gasteiger partial charge in [0.05, 0.1) is 11.7 Å². The molecule has 19 heavy (non-hydrogen) atoms. The van der Waals surface area contributed by atoms with Crippen molar-refractivity contribution in [2.24, 2.45) is 0 Å². The molecule has 1 aliphatic rings. The molecule has 2 aromatic heterocycles. The van der Waals surface area contributed by atoms with Gasteiger partial charge in [-0.05, 0) is 36.7 Å². The lowest BCUT2D eigenvalue weighted by atomic mass is 10.1. The standard InChI is InChI=1S/C13H17BrN4O/c1-9-6-18(8-13(2,3)19-9)12-11-15-4-5-17(11)7-10(14)16-12/h4-5,7,9H,6,8H2,1-3H3. The van der Waals surface area contributed by atoms with E-state index in [2.05, 4.69) is 51.6 Å². The van der Waals surface area contributed by atoms with Crippen LogP contribution in [0, 0.1) is 0 Å². The van der Waals surface area contributed by atoms with Crippen molar-refractivity contribution < 1.29 is 4.74 Å². The highest BCUT2D eigenvalue weighted by atomic mass is 79.9. The van der Waals surface area contributed by atoms with Crippen molar-refractivity contribution in [1.82, 2.24) is 14.4 Å². The number of rotatable bonds is 1. The van der Waals surface area contributed by atoms with Crippen molar-refractivity contribution in [3.63, 3.8) is 0 Å². The first-order valence-electron chi connectivity index (χ1n) is 6.37. The Balaban J connectivity index is 2.06. The number of nitrogens with zero attached hydrogens (tertiary/aromatic N) is 4. The molecule has 0 N–H and O–H groups in total. The molecule has 1 fully saturated rings. The molecule has 0 aliphatic carbocycles. The molecule has 0 saturated carbocycles. The van der Waals surface area contributed by atoms with E-state index in [1.807, 2.05) is 16.8 Å². The molecular weight excluding hydrogens is 308 g/mol. The molecule has 0 radical (unpaired) electrons. The van der Waals surface area contributed by atoms with Gasteiger partial charge < -0.3 is 14.0 Å². The van der Waals surface area contributed by atoms with E-state index in [0.717, 1.165) is 29.2 Å². The molecule has 1 atom stereocenters. The maximum Gasteiger partial charge on any atom is 0.180 e. The van der Waals surface area contributed by atoms with E-state index in [9.17, 15) is 0 Å². The summed E-state index contributed by atoms with van der Waals surface area (Å²) in [5, 5.41) is 0. The SMILES string of the molecule is CC1CN(c2nc(Br)cn3ccnc23)CC(C)(C)O1. The number of anilines is 1. The van der Waals surface area contributed by atoms with Crippen LogP contribution in [0.15, 0.2) is 23.2 Å². The number of hydrogen-bond donors (Lipinski definition) is 0. The van der Waals surface area contributed by atoms with Crippen LogP contribution in [0.3, 0.4) is 0 Å². The van der Waals surface area contributed by atoms with Crippen LogP contribution in [0.1, 0.15) is 20.8 Å². The molecule has 0 bridgehead atoms. The van der Waals surface area contributed by atoms with Gasteiger partial charge in [-0.25, -0.2) is 9.97 Å². The summed E-state index contributed by atoms with van der Waals surface area (Å²) in [7, 11) is 0. The highest BCUT2D eigenvalue weighted by molar-refractivity contribution is 9.10. The molecular formula is C13H17BrN4O. The minimum atomic E-state index is -0.175. The number of halogens is 1. The fraction of sp³-hybridized carbons (Fsp3) is 0.538. The summed E-state index contributed by atoms with van der Waals surface area (Å²) in [5.41, 5.74) is 0.707. The Hall–Kier alpha value is -1.14. The summed E-state index contributed by atoms with van der Waals surface area (Å²) in [6, 6.07) is 0. The summed E-state index contributed by atoms with van der Waals surface area (Å²) >= 11 is 3.46. The van der Waals surface area contributed by atoms with Gasteiger partial charge >= 0.3 is 0 Å². The van der Waals surface area contributed by atoms with Crippen molar-refractivity contribution in [2.75, 3.05) is 18.0 Å². The van der Waals surface area contributed by atoms with Crippen molar-refractivity contribution in [1.29, 1.82) is 0 Å². The Bertz CT molecular complexity index is 610. The largest absolute Gasteiger partial charge is 0.369 e. The van der Waals surface area contributed by atoms with E-state index in [1.54, 1.807) is 6.20 Å². The molecule has 102 valence electrons. The van der Waals surface area contributed by atoms with E-state index in [0.29, 0.717) is 0 Å². The lowest BCUT2D eigenvalue weighted by Gasteiger charge is -2.42. The van der Waals surface area contributed by atoms with Gasteiger partial charge in [-0.15, -0.1) is 0 Å². The Morgan fingerprint density at radius 3 is 3.00 bits per heavy atom. The van der Waals surface area contributed by atoms with Crippen LogP contribution < -0.4 is 4.90 Å². The quantitative estimate of drug-likeness (QED) is 0.808. The molecule has 0 amide bonds. The maximum atomic E-state index is 5.94. The van der Waals surface area contributed by atoms with Crippen LogP contribution in [0.4, 0.5) is 5.82 Å². The second-order valence-corrected chi connectivity index (χ2v) is 6.43. The molecule has 1 aliphatic heterocycles. The average molecular weight is 325 g/mol. The molecule has 0 spiro atoms. The molecule has 1 unspecified atom stereocenters. The maximum absolute atomic E-state index is 5.94. The Morgan fingerprint density at radius 1 is 1.47 bits per heavy atom. The molecule has 3 rings (SSSR count). The van der Waals surface area contributed by atoms with E-state index in [1.165, 1.54) is 0 Å². The minimum absolute atomic E-state index is 0.175. The van der Waals surface area contributed by atoms with Crippen molar-refractivity contribution in [3.8, 4) is 0 Å². The predicted octanol–water partition coefficient (Wildman–Crippen LogP) is 2.50. The first kappa shape index (κ1) is 12.9. The molecule has 1 saturated heterocycles. The summed E-state index contributed by atoms with van der Waals surface area (Å²) in [6.45, 7) is 7.94. The van der Waals surface area contributed by atoms with Crippen LogP contribution in [-0.4, -0.2) is 39.2 Å². The van der Waals surface area contributed by atoms with Crippen molar-refractivity contribution in [3.05, 3.63) is 23.2 Å². The van der Waals surface area contributed by atoms with E-state index >= 15 is 0 Å². The zero-order valence-corrected chi connectivity index (χ0v) is 12.9. The van der Waals surface area contributed by atoms with Gasteiger partial charge in [-0.3, -0.25) is 0 Å². The molecule has 3 heterocycles. The second-order valence-electron chi connectivity index (χ2n) is 5.61. The normalized spacial score (nSPS) is 22.9. The first-order valence-corrected chi connectivity index (χ1v) is 7.16. The summed E-state index contributed by atoms with van der Waals surface area (Å²) in [4.78, 5) is 11.3. The smallest absolute Gasteiger partial charge is 0.180 e. The van der Waals surface area contributed by atoms with Gasteiger partial charge in [-0.1, -0.05) is 0 Å².